The van der Waals surface area contributed by atoms with Crippen molar-refractivity contribution >= 4 is 17.6 Å². The fraction of sp³-hybridized carbons (Fsp3) is 0.280. The van der Waals surface area contributed by atoms with E-state index in [4.69, 9.17) is 36.3 Å². The molecule has 0 bridgehead atoms. The predicted molar refractivity (Wildman–Crippen MR) is 124 cm³/mol. The van der Waals surface area contributed by atoms with E-state index in [-0.39, 0.29) is 36.0 Å². The van der Waals surface area contributed by atoms with E-state index in [9.17, 15) is 10.1 Å². The lowest BCUT2D eigenvalue weighted by molar-refractivity contribution is -0.139. The molecule has 1 aliphatic heterocycles. The summed E-state index contributed by atoms with van der Waals surface area (Å²) < 4.78 is 22.1. The third-order valence-corrected chi connectivity index (χ3v) is 5.50. The van der Waals surface area contributed by atoms with Crippen LogP contribution >= 0.6 is 11.6 Å². The summed E-state index contributed by atoms with van der Waals surface area (Å²) >= 11 is 6.29. The van der Waals surface area contributed by atoms with Gasteiger partial charge < -0.3 is 24.7 Å². The van der Waals surface area contributed by atoms with Gasteiger partial charge in [-0.05, 0) is 56.2 Å². The number of carbonyl (C=O) groups excluding carboxylic acids is 1. The van der Waals surface area contributed by atoms with Crippen LogP contribution in [-0.2, 0) is 20.9 Å². The molecule has 3 rings (SSSR count). The highest BCUT2D eigenvalue weighted by Crippen LogP contribution is 2.41. The van der Waals surface area contributed by atoms with Crippen LogP contribution < -0.4 is 15.2 Å². The molecular weight excluding hydrogens is 444 g/mol. The second-order valence-electron chi connectivity index (χ2n) is 7.41. The molecule has 2 N–H and O–H groups in total. The fourth-order valence-electron chi connectivity index (χ4n) is 3.66. The number of methoxy groups -OCH3 is 1. The molecule has 1 aliphatic rings. The summed E-state index contributed by atoms with van der Waals surface area (Å²) in [7, 11) is 1.55. The van der Waals surface area contributed by atoms with Gasteiger partial charge >= 0.3 is 5.97 Å². The van der Waals surface area contributed by atoms with Crippen LogP contribution in [0.2, 0.25) is 5.02 Å². The number of halogens is 1. The monoisotopic (exact) mass is 468 g/mol. The van der Waals surface area contributed by atoms with Crippen LogP contribution in [0.3, 0.4) is 0 Å². The van der Waals surface area contributed by atoms with Crippen LogP contribution in [0.15, 0.2) is 59.2 Å². The number of ether oxygens (including phenoxy) is 4. The van der Waals surface area contributed by atoms with Crippen LogP contribution in [0.4, 0.5) is 0 Å². The van der Waals surface area contributed by atoms with Crippen molar-refractivity contribution in [1.82, 2.24) is 0 Å². The summed E-state index contributed by atoms with van der Waals surface area (Å²) in [4.78, 5) is 12.7. The number of nitrogens with zero attached hydrogens (tertiary/aromatic N) is 1. The lowest BCUT2D eigenvalue weighted by atomic mass is 9.82. The van der Waals surface area contributed by atoms with Crippen molar-refractivity contribution in [3.05, 3.63) is 80.9 Å². The molecule has 0 aliphatic carbocycles. The summed E-state index contributed by atoms with van der Waals surface area (Å²) in [6.45, 7) is 5.61. The summed E-state index contributed by atoms with van der Waals surface area (Å²) in [5.74, 6) is 0.0346. The molecule has 0 amide bonds. The molecule has 0 radical (unpaired) electrons. The van der Waals surface area contributed by atoms with Gasteiger partial charge in [-0.3, -0.25) is 0 Å². The molecule has 7 nitrogen and oxygen atoms in total. The number of aryl methyl sites for hydroxylation is 1. The molecule has 0 aromatic heterocycles. The van der Waals surface area contributed by atoms with Gasteiger partial charge in [0.15, 0.2) is 0 Å². The number of nitrogens with two attached hydrogens (primary N) is 1. The lowest BCUT2D eigenvalue weighted by Crippen LogP contribution is -2.25. The van der Waals surface area contributed by atoms with Crippen molar-refractivity contribution in [2.24, 2.45) is 5.73 Å². The molecule has 1 atom stereocenters. The van der Waals surface area contributed by atoms with Gasteiger partial charge in [0, 0.05) is 5.56 Å². The molecule has 0 saturated heterocycles. The third-order valence-electron chi connectivity index (χ3n) is 5.21. The SMILES string of the molecule is CCOC(=O)C1=C(C)OC(N)=C(C#N)C1c1ccc(OC)c(COc2ccc(C)cc2Cl)c1. The van der Waals surface area contributed by atoms with Crippen molar-refractivity contribution in [3.8, 4) is 17.6 Å². The Morgan fingerprint density at radius 1 is 1.21 bits per heavy atom. The molecule has 0 fully saturated rings. The summed E-state index contributed by atoms with van der Waals surface area (Å²) in [6, 6.07) is 12.9. The highest BCUT2D eigenvalue weighted by atomic mass is 35.5. The van der Waals surface area contributed by atoms with Gasteiger partial charge in [0.05, 0.1) is 30.2 Å². The van der Waals surface area contributed by atoms with Crippen LogP contribution in [0.25, 0.3) is 0 Å². The second kappa shape index (κ2) is 10.3. The number of carbonyl (C=O) groups is 1. The Bertz CT molecular complexity index is 1180. The Morgan fingerprint density at radius 3 is 2.58 bits per heavy atom. The molecule has 0 spiro atoms. The molecule has 33 heavy (non-hydrogen) atoms. The van der Waals surface area contributed by atoms with Crippen molar-refractivity contribution in [3.63, 3.8) is 0 Å². The van der Waals surface area contributed by atoms with Gasteiger partial charge in [-0.1, -0.05) is 23.7 Å². The van der Waals surface area contributed by atoms with E-state index < -0.39 is 11.9 Å². The maximum Gasteiger partial charge on any atom is 0.338 e. The Balaban J connectivity index is 2.03. The average molecular weight is 469 g/mol. The van der Waals surface area contributed by atoms with E-state index in [1.165, 1.54) is 0 Å². The summed E-state index contributed by atoms with van der Waals surface area (Å²) in [5, 5.41) is 10.3. The fourth-order valence-corrected chi connectivity index (χ4v) is 3.95. The maximum atomic E-state index is 12.7. The topological polar surface area (TPSA) is 104 Å². The highest BCUT2D eigenvalue weighted by Gasteiger charge is 2.36. The van der Waals surface area contributed by atoms with Crippen molar-refractivity contribution in [2.45, 2.75) is 33.3 Å². The van der Waals surface area contributed by atoms with Crippen LogP contribution in [-0.4, -0.2) is 19.7 Å². The Kier molecular flexibility index (Phi) is 7.52. The molecule has 1 heterocycles. The Hall–Kier alpha value is -3.63. The molecule has 1 unspecified atom stereocenters. The van der Waals surface area contributed by atoms with E-state index in [0.717, 1.165) is 5.56 Å². The quantitative estimate of drug-likeness (QED) is 0.577. The molecule has 0 saturated carbocycles. The van der Waals surface area contributed by atoms with Gasteiger partial charge in [0.1, 0.15) is 35.5 Å². The van der Waals surface area contributed by atoms with Gasteiger partial charge in [-0.25, -0.2) is 4.79 Å². The standard InChI is InChI=1S/C25H25ClN2O5/c1-5-31-25(29)22-15(3)33-24(28)18(12-27)23(22)16-7-9-20(30-4)17(11-16)13-32-21-8-6-14(2)10-19(21)26/h6-11,23H,5,13,28H2,1-4H3. The number of esters is 1. The molecule has 172 valence electrons. The predicted octanol–water partition coefficient (Wildman–Crippen LogP) is 4.88. The van der Waals surface area contributed by atoms with E-state index in [1.54, 1.807) is 39.2 Å². The Labute approximate surface area is 197 Å². The van der Waals surface area contributed by atoms with Gasteiger partial charge in [-0.2, -0.15) is 5.26 Å². The third kappa shape index (κ3) is 5.07. The van der Waals surface area contributed by atoms with E-state index in [2.05, 4.69) is 6.07 Å². The molecule has 8 heteroatoms. The number of benzene rings is 2. The number of hydrogen-bond donors (Lipinski definition) is 1. The normalized spacial score (nSPS) is 15.6. The van der Waals surface area contributed by atoms with E-state index in [0.29, 0.717) is 27.6 Å². The molecule has 2 aromatic carbocycles. The van der Waals surface area contributed by atoms with E-state index in [1.807, 2.05) is 25.1 Å². The van der Waals surface area contributed by atoms with Gasteiger partial charge in [0.2, 0.25) is 5.88 Å². The molecule has 2 aromatic rings. The smallest absolute Gasteiger partial charge is 0.338 e. The van der Waals surface area contributed by atoms with Gasteiger partial charge in [0.25, 0.3) is 0 Å². The second-order valence-corrected chi connectivity index (χ2v) is 7.82. The van der Waals surface area contributed by atoms with Crippen LogP contribution in [0.5, 0.6) is 11.5 Å². The lowest BCUT2D eigenvalue weighted by Gasteiger charge is -2.27. The first kappa shape index (κ1) is 24.0. The minimum Gasteiger partial charge on any atom is -0.496 e. The van der Waals surface area contributed by atoms with Crippen LogP contribution in [0, 0.1) is 18.3 Å². The minimum absolute atomic E-state index is 0.0481. The molecular formula is C25H25ClN2O5. The summed E-state index contributed by atoms with van der Waals surface area (Å²) in [6.07, 6.45) is 0. The number of allylic oxidation sites excluding steroid dienone is 2. The summed E-state index contributed by atoms with van der Waals surface area (Å²) in [5.41, 5.74) is 8.71. The van der Waals surface area contributed by atoms with Gasteiger partial charge in [-0.15, -0.1) is 0 Å². The number of hydrogen-bond acceptors (Lipinski definition) is 7. The largest absolute Gasteiger partial charge is 0.496 e. The first-order chi connectivity index (χ1) is 15.8. The maximum absolute atomic E-state index is 12.7. The van der Waals surface area contributed by atoms with Crippen molar-refractivity contribution < 1.29 is 23.7 Å². The van der Waals surface area contributed by atoms with E-state index >= 15 is 0 Å². The zero-order valence-corrected chi connectivity index (χ0v) is 19.7. The number of rotatable bonds is 7. The minimum atomic E-state index is -0.754. The van der Waals surface area contributed by atoms with Crippen molar-refractivity contribution in [1.29, 1.82) is 5.26 Å². The highest BCUT2D eigenvalue weighted by molar-refractivity contribution is 6.32. The number of nitriles is 1. The zero-order chi connectivity index (χ0) is 24.1. The van der Waals surface area contributed by atoms with Crippen LogP contribution in [0.1, 0.15) is 36.5 Å². The first-order valence-corrected chi connectivity index (χ1v) is 10.7. The first-order valence-electron chi connectivity index (χ1n) is 10.3. The zero-order valence-electron chi connectivity index (χ0n) is 18.9. The average Bonchev–Trinajstić information content (AvgIpc) is 2.78. The Morgan fingerprint density at radius 2 is 1.94 bits per heavy atom. The van der Waals surface area contributed by atoms with Crippen molar-refractivity contribution in [2.75, 3.05) is 13.7 Å².